The molecule has 198 valence electrons. The second-order valence-corrected chi connectivity index (χ2v) is 11.0. The maximum absolute atomic E-state index is 12.3. The lowest BCUT2D eigenvalue weighted by Gasteiger charge is -2.32. The van der Waals surface area contributed by atoms with E-state index in [1.165, 1.54) is 107 Å². The second-order valence-electron chi connectivity index (χ2n) is 11.0. The molecule has 0 unspecified atom stereocenters. The summed E-state index contributed by atoms with van der Waals surface area (Å²) in [6.07, 6.45) is 13.7. The molecule has 2 aromatic carbocycles. The van der Waals surface area contributed by atoms with Gasteiger partial charge in [0.2, 0.25) is 0 Å². The Hall–Kier alpha value is -2.67. The Bertz CT molecular complexity index is 1030. The Morgan fingerprint density at radius 1 is 0.703 bits per heavy atom. The van der Waals surface area contributed by atoms with Gasteiger partial charge in [-0.1, -0.05) is 68.6 Å². The van der Waals surface area contributed by atoms with Crippen LogP contribution in [0.15, 0.2) is 61.2 Å². The summed E-state index contributed by atoms with van der Waals surface area (Å²) in [5, 5.41) is 0. The average Bonchev–Trinajstić information content (AvgIpc) is 2.91. The predicted octanol–water partition coefficient (Wildman–Crippen LogP) is 9.81. The maximum Gasteiger partial charge on any atom is 0.573 e. The number of hydrogen-bond acceptors (Lipinski definition) is 1. The van der Waals surface area contributed by atoms with Gasteiger partial charge in [0, 0.05) is 11.1 Å². The third-order valence-corrected chi connectivity index (χ3v) is 8.40. The van der Waals surface area contributed by atoms with Gasteiger partial charge in [-0.3, -0.25) is 0 Å². The molecule has 0 amide bonds. The highest BCUT2D eigenvalue weighted by Crippen LogP contribution is 2.40. The van der Waals surface area contributed by atoms with Crippen LogP contribution in [0.25, 0.3) is 0 Å². The van der Waals surface area contributed by atoms with E-state index in [9.17, 15) is 13.2 Å². The van der Waals surface area contributed by atoms with Crippen molar-refractivity contribution >= 4 is 0 Å². The molecule has 1 nitrogen and oxygen atoms in total. The summed E-state index contributed by atoms with van der Waals surface area (Å²) < 4.78 is 40.8. The minimum atomic E-state index is -4.68. The predicted molar refractivity (Wildman–Crippen MR) is 144 cm³/mol. The minimum Gasteiger partial charge on any atom is -0.406 e. The van der Waals surface area contributed by atoms with Crippen molar-refractivity contribution in [3.8, 4) is 17.6 Å². The fourth-order valence-corrected chi connectivity index (χ4v) is 6.14. The minimum absolute atomic E-state index is 0.237. The molecule has 0 heterocycles. The number of alkyl halides is 3. The number of ether oxygens (including phenoxy) is 1. The SMILES string of the molecule is C=CCCC1CCC(CCC2CCC(c3ccc(C#Cc4ccc(OC(F)(F)F)cc4)cc3)CC2)CC1. The first kappa shape index (κ1) is 27.4. The summed E-state index contributed by atoms with van der Waals surface area (Å²) in [6.45, 7) is 3.86. The zero-order chi connectivity index (χ0) is 26.1. The Morgan fingerprint density at radius 3 is 1.65 bits per heavy atom. The summed E-state index contributed by atoms with van der Waals surface area (Å²) in [7, 11) is 0. The largest absolute Gasteiger partial charge is 0.573 e. The summed E-state index contributed by atoms with van der Waals surface area (Å²) in [5.41, 5.74) is 2.96. The van der Waals surface area contributed by atoms with E-state index in [0.717, 1.165) is 23.3 Å². The van der Waals surface area contributed by atoms with Crippen molar-refractivity contribution in [2.45, 2.75) is 89.3 Å². The topological polar surface area (TPSA) is 9.23 Å². The van der Waals surface area contributed by atoms with Crippen LogP contribution in [-0.4, -0.2) is 6.36 Å². The van der Waals surface area contributed by atoms with Crippen LogP contribution in [0, 0.1) is 29.6 Å². The van der Waals surface area contributed by atoms with E-state index in [1.54, 1.807) is 0 Å². The third-order valence-electron chi connectivity index (χ3n) is 8.40. The zero-order valence-electron chi connectivity index (χ0n) is 21.7. The van der Waals surface area contributed by atoms with E-state index in [0.29, 0.717) is 11.5 Å². The zero-order valence-corrected chi connectivity index (χ0v) is 21.7. The number of allylic oxidation sites excluding steroid dienone is 1. The molecule has 4 heteroatoms. The summed E-state index contributed by atoms with van der Waals surface area (Å²) in [4.78, 5) is 0. The van der Waals surface area contributed by atoms with Gasteiger partial charge >= 0.3 is 6.36 Å². The fraction of sp³-hybridized carbons (Fsp3) is 0.515. The molecule has 2 saturated carbocycles. The quantitative estimate of drug-likeness (QED) is 0.255. The van der Waals surface area contributed by atoms with Gasteiger partial charge < -0.3 is 4.74 Å². The molecule has 0 saturated heterocycles. The van der Waals surface area contributed by atoms with Gasteiger partial charge in [0.05, 0.1) is 0 Å². The summed E-state index contributed by atoms with van der Waals surface area (Å²) in [6, 6.07) is 14.1. The van der Waals surface area contributed by atoms with E-state index in [-0.39, 0.29) is 5.75 Å². The molecule has 0 spiro atoms. The van der Waals surface area contributed by atoms with Gasteiger partial charge in [-0.05, 0) is 104 Å². The highest BCUT2D eigenvalue weighted by molar-refractivity contribution is 5.45. The molecule has 0 aliphatic heterocycles. The molecule has 0 bridgehead atoms. The summed E-state index contributed by atoms with van der Waals surface area (Å²) >= 11 is 0. The van der Waals surface area contributed by atoms with Crippen molar-refractivity contribution in [1.29, 1.82) is 0 Å². The Labute approximate surface area is 220 Å². The van der Waals surface area contributed by atoms with Gasteiger partial charge in [-0.25, -0.2) is 0 Å². The Balaban J connectivity index is 1.18. The molecule has 2 aliphatic carbocycles. The molecule has 0 aromatic heterocycles. The number of benzene rings is 2. The van der Waals surface area contributed by atoms with Crippen LogP contribution >= 0.6 is 0 Å². The normalized spacial score (nSPS) is 24.1. The van der Waals surface area contributed by atoms with Crippen LogP contribution in [0.4, 0.5) is 13.2 Å². The molecule has 4 rings (SSSR count). The lowest BCUT2D eigenvalue weighted by Crippen LogP contribution is -2.17. The van der Waals surface area contributed by atoms with Crippen molar-refractivity contribution < 1.29 is 17.9 Å². The standard InChI is InChI=1S/C33H39F3O/c1-2-3-4-25-5-7-26(8-6-25)9-10-27-13-19-30(20-14-27)31-21-15-28(16-22-31)11-12-29-17-23-32(24-18-29)37-33(34,35)36/h2,15-18,21-27,30H,1,3-10,13-14,19-20H2. The Morgan fingerprint density at radius 2 is 1.16 bits per heavy atom. The first-order chi connectivity index (χ1) is 17.9. The molecule has 0 atom stereocenters. The average molecular weight is 509 g/mol. The monoisotopic (exact) mass is 508 g/mol. The number of halogens is 3. The molecule has 0 N–H and O–H groups in total. The van der Waals surface area contributed by atoms with Gasteiger partial charge in [0.15, 0.2) is 0 Å². The van der Waals surface area contributed by atoms with E-state index in [2.05, 4.69) is 53.5 Å². The second kappa shape index (κ2) is 13.2. The first-order valence-electron chi connectivity index (χ1n) is 14.0. The smallest absolute Gasteiger partial charge is 0.406 e. The molecule has 2 fully saturated rings. The molecule has 37 heavy (non-hydrogen) atoms. The fourth-order valence-electron chi connectivity index (χ4n) is 6.14. The van der Waals surface area contributed by atoms with Crippen molar-refractivity contribution in [2.24, 2.45) is 17.8 Å². The van der Waals surface area contributed by atoms with Crippen molar-refractivity contribution in [2.75, 3.05) is 0 Å². The van der Waals surface area contributed by atoms with E-state index < -0.39 is 6.36 Å². The highest BCUT2D eigenvalue weighted by Gasteiger charge is 2.31. The first-order valence-corrected chi connectivity index (χ1v) is 14.0. The van der Waals surface area contributed by atoms with Crippen LogP contribution in [-0.2, 0) is 0 Å². The lowest BCUT2D eigenvalue weighted by atomic mass is 9.74. The van der Waals surface area contributed by atoms with Crippen LogP contribution in [0.1, 0.15) is 99.7 Å². The van der Waals surface area contributed by atoms with Gasteiger partial charge in [-0.15, -0.1) is 19.8 Å². The molecule has 0 radical (unpaired) electrons. The summed E-state index contributed by atoms with van der Waals surface area (Å²) in [5.74, 6) is 9.32. The molecule has 2 aliphatic rings. The number of rotatable bonds is 8. The van der Waals surface area contributed by atoms with Crippen LogP contribution < -0.4 is 4.74 Å². The molecular formula is C33H39F3O. The van der Waals surface area contributed by atoms with Crippen LogP contribution in [0.3, 0.4) is 0 Å². The van der Waals surface area contributed by atoms with Gasteiger partial charge in [0.1, 0.15) is 5.75 Å². The van der Waals surface area contributed by atoms with Gasteiger partial charge in [0.25, 0.3) is 0 Å². The van der Waals surface area contributed by atoms with Crippen molar-refractivity contribution in [3.05, 3.63) is 77.9 Å². The van der Waals surface area contributed by atoms with E-state index >= 15 is 0 Å². The van der Waals surface area contributed by atoms with Crippen molar-refractivity contribution in [3.63, 3.8) is 0 Å². The highest BCUT2D eigenvalue weighted by atomic mass is 19.4. The van der Waals surface area contributed by atoms with E-state index in [4.69, 9.17) is 0 Å². The maximum atomic E-state index is 12.3. The molecule has 2 aromatic rings. The van der Waals surface area contributed by atoms with Gasteiger partial charge in [-0.2, -0.15) is 0 Å². The van der Waals surface area contributed by atoms with Crippen LogP contribution in [0.5, 0.6) is 5.75 Å². The lowest BCUT2D eigenvalue weighted by molar-refractivity contribution is -0.274. The van der Waals surface area contributed by atoms with Crippen LogP contribution in [0.2, 0.25) is 0 Å². The van der Waals surface area contributed by atoms with E-state index in [1.807, 2.05) is 0 Å². The third kappa shape index (κ3) is 8.99. The Kier molecular flexibility index (Phi) is 9.78. The molecular weight excluding hydrogens is 469 g/mol. The number of hydrogen-bond donors (Lipinski definition) is 0. The van der Waals surface area contributed by atoms with Crippen molar-refractivity contribution in [1.82, 2.24) is 0 Å².